The predicted octanol–water partition coefficient (Wildman–Crippen LogP) is 5.64. The summed E-state index contributed by atoms with van der Waals surface area (Å²) >= 11 is 12.2. The number of aromatic nitrogens is 2. The van der Waals surface area contributed by atoms with Gasteiger partial charge in [0, 0.05) is 11.6 Å². The molecular weight excluding hydrogens is 303 g/mol. The second-order valence-electron chi connectivity index (χ2n) is 6.20. The fourth-order valence-corrected chi connectivity index (χ4v) is 3.90. The van der Waals surface area contributed by atoms with Crippen LogP contribution in [0.25, 0.3) is 11.0 Å². The maximum absolute atomic E-state index is 6.15. The molecule has 0 bridgehead atoms. The summed E-state index contributed by atoms with van der Waals surface area (Å²) in [6.07, 6.45) is 6.69. The number of fused-ring (bicyclic) bond motifs is 1. The first-order chi connectivity index (χ1) is 10.2. The van der Waals surface area contributed by atoms with Crippen molar-refractivity contribution in [2.45, 2.75) is 51.5 Å². The van der Waals surface area contributed by atoms with E-state index in [1.54, 1.807) is 0 Å². The Balaban J connectivity index is 1.84. The molecule has 1 aromatic carbocycles. The van der Waals surface area contributed by atoms with Crippen molar-refractivity contribution in [1.29, 1.82) is 0 Å². The summed E-state index contributed by atoms with van der Waals surface area (Å²) in [5, 5.41) is 0.763. The van der Waals surface area contributed by atoms with E-state index in [1.165, 1.54) is 32.1 Å². The van der Waals surface area contributed by atoms with Crippen molar-refractivity contribution in [1.82, 2.24) is 9.55 Å². The zero-order valence-corrected chi connectivity index (χ0v) is 14.0. The lowest BCUT2D eigenvalue weighted by Crippen LogP contribution is -2.19. The van der Waals surface area contributed by atoms with E-state index < -0.39 is 0 Å². The van der Waals surface area contributed by atoms with Crippen LogP contribution >= 0.6 is 23.2 Å². The Kier molecular flexibility index (Phi) is 4.75. The molecule has 0 unspecified atom stereocenters. The van der Waals surface area contributed by atoms with Crippen molar-refractivity contribution in [2.24, 2.45) is 11.8 Å². The topological polar surface area (TPSA) is 17.8 Å². The highest BCUT2D eigenvalue weighted by atomic mass is 35.5. The summed E-state index contributed by atoms with van der Waals surface area (Å²) in [5.74, 6) is 3.09. The quantitative estimate of drug-likeness (QED) is 0.665. The van der Waals surface area contributed by atoms with E-state index in [2.05, 4.69) is 16.5 Å². The first-order valence-corrected chi connectivity index (χ1v) is 8.83. The molecule has 1 saturated carbocycles. The van der Waals surface area contributed by atoms with Crippen molar-refractivity contribution in [2.75, 3.05) is 0 Å². The Morgan fingerprint density at radius 1 is 1.19 bits per heavy atom. The fraction of sp³-hybridized carbons (Fsp3) is 0.588. The number of alkyl halides is 1. The largest absolute Gasteiger partial charge is 0.327 e. The third-order valence-electron chi connectivity index (χ3n) is 4.89. The summed E-state index contributed by atoms with van der Waals surface area (Å²) in [6.45, 7) is 3.33. The lowest BCUT2D eigenvalue weighted by molar-refractivity contribution is 0.248. The number of benzene rings is 1. The molecular formula is C17H22Cl2N2. The minimum Gasteiger partial charge on any atom is -0.327 e. The normalized spacial score (nSPS) is 22.8. The lowest BCUT2D eigenvalue weighted by Gasteiger charge is -2.28. The number of hydrogen-bond acceptors (Lipinski definition) is 1. The van der Waals surface area contributed by atoms with E-state index in [4.69, 9.17) is 23.2 Å². The van der Waals surface area contributed by atoms with Crippen LogP contribution in [0, 0.1) is 11.8 Å². The molecule has 0 N–H and O–H groups in total. The average molecular weight is 325 g/mol. The van der Waals surface area contributed by atoms with Crippen molar-refractivity contribution in [3.63, 3.8) is 0 Å². The van der Waals surface area contributed by atoms with Crippen LogP contribution in [0.5, 0.6) is 0 Å². The van der Waals surface area contributed by atoms with E-state index in [0.717, 1.165) is 40.3 Å². The number of rotatable bonds is 4. The first-order valence-electron chi connectivity index (χ1n) is 7.92. The highest BCUT2D eigenvalue weighted by molar-refractivity contribution is 6.31. The summed E-state index contributed by atoms with van der Waals surface area (Å²) in [4.78, 5) is 4.64. The molecule has 21 heavy (non-hydrogen) atoms. The van der Waals surface area contributed by atoms with Crippen LogP contribution < -0.4 is 0 Å². The third kappa shape index (κ3) is 3.22. The molecule has 114 valence electrons. The SMILES string of the molecule is CCC1CCC(Cn2c(CCl)nc3ccc(Cl)cc32)CC1. The maximum atomic E-state index is 6.15. The van der Waals surface area contributed by atoms with E-state index in [9.17, 15) is 0 Å². The van der Waals surface area contributed by atoms with Gasteiger partial charge in [0.05, 0.1) is 16.9 Å². The van der Waals surface area contributed by atoms with Crippen molar-refractivity contribution >= 4 is 34.2 Å². The smallest absolute Gasteiger partial charge is 0.124 e. The minimum atomic E-state index is 0.455. The Hall–Kier alpha value is -0.730. The summed E-state index contributed by atoms with van der Waals surface area (Å²) in [7, 11) is 0. The maximum Gasteiger partial charge on any atom is 0.124 e. The molecule has 0 saturated heterocycles. The third-order valence-corrected chi connectivity index (χ3v) is 5.37. The Morgan fingerprint density at radius 2 is 1.90 bits per heavy atom. The van der Waals surface area contributed by atoms with E-state index >= 15 is 0 Å². The molecule has 1 heterocycles. The molecule has 0 aliphatic heterocycles. The second-order valence-corrected chi connectivity index (χ2v) is 6.90. The Labute approximate surface area is 136 Å². The summed E-state index contributed by atoms with van der Waals surface area (Å²) in [5.41, 5.74) is 2.12. The van der Waals surface area contributed by atoms with Crippen LogP contribution in [0.2, 0.25) is 5.02 Å². The monoisotopic (exact) mass is 324 g/mol. The zero-order chi connectivity index (χ0) is 14.8. The number of imidazole rings is 1. The van der Waals surface area contributed by atoms with Crippen LogP contribution in [-0.4, -0.2) is 9.55 Å². The molecule has 0 radical (unpaired) electrons. The fourth-order valence-electron chi connectivity index (χ4n) is 3.53. The molecule has 0 atom stereocenters. The first kappa shape index (κ1) is 15.2. The molecule has 4 heteroatoms. The molecule has 1 fully saturated rings. The van der Waals surface area contributed by atoms with Gasteiger partial charge >= 0.3 is 0 Å². The number of hydrogen-bond donors (Lipinski definition) is 0. The minimum absolute atomic E-state index is 0.455. The lowest BCUT2D eigenvalue weighted by atomic mass is 9.81. The highest BCUT2D eigenvalue weighted by Crippen LogP contribution is 2.33. The van der Waals surface area contributed by atoms with Gasteiger partial charge in [0.2, 0.25) is 0 Å². The van der Waals surface area contributed by atoms with Gasteiger partial charge in [-0.2, -0.15) is 0 Å². The van der Waals surface area contributed by atoms with Gasteiger partial charge in [0.15, 0.2) is 0 Å². The van der Waals surface area contributed by atoms with Gasteiger partial charge in [0.1, 0.15) is 5.82 Å². The van der Waals surface area contributed by atoms with E-state index in [-0.39, 0.29) is 0 Å². The van der Waals surface area contributed by atoms with Gasteiger partial charge in [-0.1, -0.05) is 37.8 Å². The molecule has 0 amide bonds. The van der Waals surface area contributed by atoms with Crippen LogP contribution in [-0.2, 0) is 12.4 Å². The van der Waals surface area contributed by atoms with Crippen LogP contribution in [0.4, 0.5) is 0 Å². The molecule has 1 aliphatic carbocycles. The van der Waals surface area contributed by atoms with E-state index in [0.29, 0.717) is 5.88 Å². The molecule has 1 aromatic heterocycles. The van der Waals surface area contributed by atoms with Gasteiger partial charge < -0.3 is 4.57 Å². The van der Waals surface area contributed by atoms with Gasteiger partial charge in [0.25, 0.3) is 0 Å². The number of halogens is 2. The van der Waals surface area contributed by atoms with Crippen molar-refractivity contribution in [3.05, 3.63) is 29.0 Å². The van der Waals surface area contributed by atoms with Crippen LogP contribution in [0.15, 0.2) is 18.2 Å². The van der Waals surface area contributed by atoms with Crippen molar-refractivity contribution < 1.29 is 0 Å². The highest BCUT2D eigenvalue weighted by Gasteiger charge is 2.22. The Morgan fingerprint density at radius 3 is 2.57 bits per heavy atom. The average Bonchev–Trinajstić information content (AvgIpc) is 2.85. The molecule has 2 aromatic rings. The van der Waals surface area contributed by atoms with Gasteiger partial charge in [-0.3, -0.25) is 0 Å². The van der Waals surface area contributed by atoms with Gasteiger partial charge in [-0.05, 0) is 42.9 Å². The summed E-state index contributed by atoms with van der Waals surface area (Å²) < 4.78 is 2.28. The zero-order valence-electron chi connectivity index (χ0n) is 12.5. The molecule has 3 rings (SSSR count). The van der Waals surface area contributed by atoms with Crippen LogP contribution in [0.1, 0.15) is 44.9 Å². The summed E-state index contributed by atoms with van der Waals surface area (Å²) in [6, 6.07) is 5.89. The Bertz CT molecular complexity index is 613. The van der Waals surface area contributed by atoms with Crippen LogP contribution in [0.3, 0.4) is 0 Å². The standard InChI is InChI=1S/C17H22Cl2N2/c1-2-12-3-5-13(6-4-12)11-21-16-9-14(19)7-8-15(16)20-17(21)10-18/h7-9,12-13H,2-6,10-11H2,1H3. The number of nitrogens with zero attached hydrogens (tertiary/aromatic N) is 2. The second kappa shape index (κ2) is 6.58. The van der Waals surface area contributed by atoms with Gasteiger partial charge in [-0.15, -0.1) is 11.6 Å². The van der Waals surface area contributed by atoms with Gasteiger partial charge in [-0.25, -0.2) is 4.98 Å². The predicted molar refractivity (Wildman–Crippen MR) is 90.0 cm³/mol. The van der Waals surface area contributed by atoms with Crippen molar-refractivity contribution in [3.8, 4) is 0 Å². The van der Waals surface area contributed by atoms with E-state index in [1.807, 2.05) is 18.2 Å². The molecule has 2 nitrogen and oxygen atoms in total. The molecule has 0 spiro atoms. The molecule has 1 aliphatic rings.